The van der Waals surface area contributed by atoms with Gasteiger partial charge in [-0.25, -0.2) is 9.97 Å². The van der Waals surface area contributed by atoms with Crippen molar-refractivity contribution in [2.45, 2.75) is 0 Å². The Morgan fingerprint density at radius 1 is 1.06 bits per heavy atom. The Morgan fingerprint density at radius 2 is 1.76 bits per heavy atom. The maximum Gasteiger partial charge on any atom is 0.129 e. The van der Waals surface area contributed by atoms with Gasteiger partial charge >= 0.3 is 0 Å². The number of anilines is 2. The first-order chi connectivity index (χ1) is 8.20. The molecule has 4 nitrogen and oxygen atoms in total. The molecule has 0 aliphatic carbocycles. The molecular formula is C13H16N4. The van der Waals surface area contributed by atoms with Crippen LogP contribution in [0.5, 0.6) is 0 Å². The van der Waals surface area contributed by atoms with E-state index in [0.717, 1.165) is 17.1 Å². The van der Waals surface area contributed by atoms with Crippen LogP contribution in [-0.2, 0) is 0 Å². The largest absolute Gasteiger partial charge is 0.378 e. The van der Waals surface area contributed by atoms with E-state index in [1.807, 2.05) is 27.2 Å². The number of aromatic nitrogens is 2. The van der Waals surface area contributed by atoms with Crippen molar-refractivity contribution in [3.63, 3.8) is 0 Å². The Morgan fingerprint density at radius 3 is 2.35 bits per heavy atom. The van der Waals surface area contributed by atoms with Crippen molar-refractivity contribution in [3.8, 4) is 11.3 Å². The zero-order valence-electron chi connectivity index (χ0n) is 10.3. The van der Waals surface area contributed by atoms with E-state index in [-0.39, 0.29) is 0 Å². The molecule has 1 aromatic heterocycles. The van der Waals surface area contributed by atoms with E-state index in [1.165, 1.54) is 5.69 Å². The predicted molar refractivity (Wildman–Crippen MR) is 71.3 cm³/mol. The highest BCUT2D eigenvalue weighted by Gasteiger charge is 2.01. The van der Waals surface area contributed by atoms with Crippen molar-refractivity contribution in [1.29, 1.82) is 0 Å². The third kappa shape index (κ3) is 2.53. The summed E-state index contributed by atoms with van der Waals surface area (Å²) in [5.41, 5.74) is 3.20. The average Bonchev–Trinajstić information content (AvgIpc) is 2.39. The first-order valence-corrected chi connectivity index (χ1v) is 5.48. The maximum atomic E-state index is 4.27. The van der Waals surface area contributed by atoms with Crippen molar-refractivity contribution in [2.24, 2.45) is 0 Å². The zero-order valence-corrected chi connectivity index (χ0v) is 10.3. The van der Waals surface area contributed by atoms with Crippen LogP contribution in [0, 0.1) is 0 Å². The van der Waals surface area contributed by atoms with E-state index in [1.54, 1.807) is 6.33 Å². The number of benzene rings is 1. The van der Waals surface area contributed by atoms with Crippen LogP contribution >= 0.6 is 0 Å². The van der Waals surface area contributed by atoms with Gasteiger partial charge in [0.05, 0.1) is 5.69 Å². The van der Waals surface area contributed by atoms with Gasteiger partial charge in [-0.05, 0) is 12.1 Å². The third-order valence-electron chi connectivity index (χ3n) is 2.60. The monoisotopic (exact) mass is 228 g/mol. The summed E-state index contributed by atoms with van der Waals surface area (Å²) >= 11 is 0. The normalized spacial score (nSPS) is 10.1. The molecule has 0 atom stereocenters. The van der Waals surface area contributed by atoms with Crippen molar-refractivity contribution in [1.82, 2.24) is 9.97 Å². The summed E-state index contributed by atoms with van der Waals surface area (Å²) in [5.74, 6) is 0.826. The van der Waals surface area contributed by atoms with Crippen LogP contribution in [0.4, 0.5) is 11.5 Å². The summed E-state index contributed by atoms with van der Waals surface area (Å²) in [5, 5.41) is 3.01. The first-order valence-electron chi connectivity index (χ1n) is 5.48. The average molecular weight is 228 g/mol. The Labute approximate surface area is 101 Å². The maximum absolute atomic E-state index is 4.27. The lowest BCUT2D eigenvalue weighted by molar-refractivity contribution is 1.13. The summed E-state index contributed by atoms with van der Waals surface area (Å²) in [6, 6.07) is 10.2. The summed E-state index contributed by atoms with van der Waals surface area (Å²) in [6.07, 6.45) is 1.57. The molecule has 17 heavy (non-hydrogen) atoms. The topological polar surface area (TPSA) is 41.0 Å². The molecule has 88 valence electrons. The second kappa shape index (κ2) is 4.82. The molecule has 1 aromatic carbocycles. The number of hydrogen-bond donors (Lipinski definition) is 1. The van der Waals surface area contributed by atoms with Crippen molar-refractivity contribution >= 4 is 11.5 Å². The number of nitrogens with one attached hydrogen (secondary N) is 1. The minimum absolute atomic E-state index is 0.826. The molecule has 2 rings (SSSR count). The van der Waals surface area contributed by atoms with Gasteiger partial charge in [0.25, 0.3) is 0 Å². The van der Waals surface area contributed by atoms with E-state index in [4.69, 9.17) is 0 Å². The number of hydrogen-bond acceptors (Lipinski definition) is 4. The predicted octanol–water partition coefficient (Wildman–Crippen LogP) is 2.25. The molecular weight excluding hydrogens is 212 g/mol. The molecule has 4 heteroatoms. The van der Waals surface area contributed by atoms with E-state index >= 15 is 0 Å². The summed E-state index contributed by atoms with van der Waals surface area (Å²) in [4.78, 5) is 10.4. The van der Waals surface area contributed by atoms with Crippen LogP contribution in [0.2, 0.25) is 0 Å². The fraction of sp³-hybridized carbons (Fsp3) is 0.231. The summed E-state index contributed by atoms with van der Waals surface area (Å²) in [6.45, 7) is 0. The third-order valence-corrected chi connectivity index (χ3v) is 2.60. The van der Waals surface area contributed by atoms with E-state index < -0.39 is 0 Å². The van der Waals surface area contributed by atoms with Crippen LogP contribution in [0.1, 0.15) is 0 Å². The SMILES string of the molecule is CNc1cc(-c2ccc(N(C)C)cc2)ncn1. The van der Waals surface area contributed by atoms with E-state index in [0.29, 0.717) is 0 Å². The Bertz CT molecular complexity index is 491. The molecule has 1 N–H and O–H groups in total. The molecule has 0 radical (unpaired) electrons. The van der Waals surface area contributed by atoms with Crippen molar-refractivity contribution < 1.29 is 0 Å². The minimum Gasteiger partial charge on any atom is -0.378 e. The molecule has 0 amide bonds. The first kappa shape index (κ1) is 11.4. The summed E-state index contributed by atoms with van der Waals surface area (Å²) < 4.78 is 0. The van der Waals surface area contributed by atoms with Gasteiger partial charge < -0.3 is 10.2 Å². The van der Waals surface area contributed by atoms with Crippen LogP contribution in [0.15, 0.2) is 36.7 Å². The fourth-order valence-electron chi connectivity index (χ4n) is 1.58. The van der Waals surface area contributed by atoms with Gasteiger partial charge in [0, 0.05) is 38.5 Å². The lowest BCUT2D eigenvalue weighted by atomic mass is 10.1. The second-order valence-corrected chi connectivity index (χ2v) is 3.98. The van der Waals surface area contributed by atoms with Gasteiger partial charge in [-0.15, -0.1) is 0 Å². The lowest BCUT2D eigenvalue weighted by Crippen LogP contribution is -2.07. The molecule has 0 aliphatic rings. The van der Waals surface area contributed by atoms with Crippen LogP contribution in [-0.4, -0.2) is 31.1 Å². The molecule has 0 saturated carbocycles. The fourth-order valence-corrected chi connectivity index (χ4v) is 1.58. The van der Waals surface area contributed by atoms with Crippen molar-refractivity contribution in [3.05, 3.63) is 36.7 Å². The molecule has 2 aromatic rings. The highest BCUT2D eigenvalue weighted by atomic mass is 15.1. The Kier molecular flexibility index (Phi) is 3.23. The quantitative estimate of drug-likeness (QED) is 0.874. The molecule has 0 saturated heterocycles. The zero-order chi connectivity index (χ0) is 12.3. The number of rotatable bonds is 3. The Balaban J connectivity index is 2.32. The summed E-state index contributed by atoms with van der Waals surface area (Å²) in [7, 11) is 5.90. The smallest absolute Gasteiger partial charge is 0.129 e. The van der Waals surface area contributed by atoms with E-state index in [2.05, 4.69) is 44.5 Å². The van der Waals surface area contributed by atoms with Gasteiger partial charge in [0.2, 0.25) is 0 Å². The van der Waals surface area contributed by atoms with Crippen LogP contribution < -0.4 is 10.2 Å². The molecule has 1 heterocycles. The van der Waals surface area contributed by atoms with Gasteiger partial charge in [0.15, 0.2) is 0 Å². The van der Waals surface area contributed by atoms with Gasteiger partial charge in [-0.1, -0.05) is 12.1 Å². The molecule has 0 bridgehead atoms. The Hall–Kier alpha value is -2.10. The standard InChI is InChI=1S/C13H16N4/c1-14-13-8-12(15-9-16-13)10-4-6-11(7-5-10)17(2)3/h4-9H,1-3H3,(H,14,15,16). The lowest BCUT2D eigenvalue weighted by Gasteiger charge is -2.12. The highest BCUT2D eigenvalue weighted by molar-refractivity contribution is 5.64. The van der Waals surface area contributed by atoms with E-state index in [9.17, 15) is 0 Å². The van der Waals surface area contributed by atoms with Crippen molar-refractivity contribution in [2.75, 3.05) is 31.4 Å². The molecule has 0 spiro atoms. The molecule has 0 fully saturated rings. The van der Waals surface area contributed by atoms with Gasteiger partial charge in [0.1, 0.15) is 12.1 Å². The molecule has 0 aliphatic heterocycles. The van der Waals surface area contributed by atoms with Gasteiger partial charge in [-0.2, -0.15) is 0 Å². The van der Waals surface area contributed by atoms with Crippen LogP contribution in [0.25, 0.3) is 11.3 Å². The second-order valence-electron chi connectivity index (χ2n) is 3.98. The molecule has 0 unspecified atom stereocenters. The highest BCUT2D eigenvalue weighted by Crippen LogP contribution is 2.21. The minimum atomic E-state index is 0.826. The van der Waals surface area contributed by atoms with Crippen LogP contribution in [0.3, 0.4) is 0 Å². The number of nitrogens with zero attached hydrogens (tertiary/aromatic N) is 3. The van der Waals surface area contributed by atoms with Gasteiger partial charge in [-0.3, -0.25) is 0 Å².